The second-order valence-electron chi connectivity index (χ2n) is 6.64. The maximum absolute atomic E-state index is 5.89. The first-order valence-electron chi connectivity index (χ1n) is 9.58. The summed E-state index contributed by atoms with van der Waals surface area (Å²) < 4.78 is 5.89. The van der Waals surface area contributed by atoms with E-state index in [1.807, 2.05) is 103 Å². The van der Waals surface area contributed by atoms with Gasteiger partial charge in [-0.15, -0.1) is 0 Å². The summed E-state index contributed by atoms with van der Waals surface area (Å²) >= 11 is 0. The lowest BCUT2D eigenvalue weighted by Gasteiger charge is -2.07. The number of para-hydroxylation sites is 1. The van der Waals surface area contributed by atoms with Crippen LogP contribution in [0, 0.1) is 0 Å². The third-order valence-corrected chi connectivity index (χ3v) is 4.40. The molecular weight excluding hydrogens is 356 g/mol. The van der Waals surface area contributed by atoms with Crippen LogP contribution in [0.1, 0.15) is 11.1 Å². The predicted molar refractivity (Wildman–Crippen MR) is 121 cm³/mol. The van der Waals surface area contributed by atoms with Crippen molar-refractivity contribution in [3.8, 4) is 5.75 Å². The van der Waals surface area contributed by atoms with Crippen molar-refractivity contribution >= 4 is 23.3 Å². The molecule has 29 heavy (non-hydrogen) atoms. The lowest BCUT2D eigenvalue weighted by Crippen LogP contribution is -1.95. The second-order valence-corrected chi connectivity index (χ2v) is 6.64. The Labute approximate surface area is 171 Å². The Bertz CT molecular complexity index is 1060. The molecule has 0 aliphatic rings. The molecule has 4 rings (SSSR count). The van der Waals surface area contributed by atoms with Crippen molar-refractivity contribution in [1.29, 1.82) is 0 Å². The van der Waals surface area contributed by atoms with Crippen LogP contribution in [0.3, 0.4) is 0 Å². The Balaban J connectivity index is 1.37. The van der Waals surface area contributed by atoms with E-state index in [1.165, 1.54) is 0 Å². The van der Waals surface area contributed by atoms with Crippen molar-refractivity contribution in [3.63, 3.8) is 0 Å². The number of hydrogen-bond acceptors (Lipinski definition) is 3. The van der Waals surface area contributed by atoms with E-state index in [-0.39, 0.29) is 0 Å². The summed E-state index contributed by atoms with van der Waals surface area (Å²) in [6, 6.07) is 36.3. The number of aliphatic imine (C=N–C) groups is 1. The van der Waals surface area contributed by atoms with Gasteiger partial charge in [-0.05, 0) is 59.7 Å². The second kappa shape index (κ2) is 9.38. The monoisotopic (exact) mass is 378 g/mol. The van der Waals surface area contributed by atoms with E-state index >= 15 is 0 Å². The highest BCUT2D eigenvalue weighted by atomic mass is 16.5. The first-order valence-corrected chi connectivity index (χ1v) is 9.58. The Morgan fingerprint density at radius 2 is 1.38 bits per heavy atom. The van der Waals surface area contributed by atoms with E-state index in [0.29, 0.717) is 6.61 Å². The van der Waals surface area contributed by atoms with Crippen LogP contribution in [-0.2, 0) is 6.61 Å². The largest absolute Gasteiger partial charge is 0.489 e. The molecule has 0 unspecified atom stereocenters. The minimum atomic E-state index is 0.553. The molecule has 3 nitrogen and oxygen atoms in total. The fraction of sp³-hybridized carbons (Fsp3) is 0.0385. The molecule has 0 bridgehead atoms. The van der Waals surface area contributed by atoms with E-state index in [2.05, 4.69) is 22.4 Å². The lowest BCUT2D eigenvalue weighted by atomic mass is 10.2. The molecule has 0 fully saturated rings. The standard InChI is InChI=1S/C26H22N2O/c1-3-8-21(9-4-1)20-29-26-13-7-10-22(18-26)19-27-23-14-16-25(17-15-23)28-24-11-5-2-6-12-24/h1-19,28H,20H2. The van der Waals surface area contributed by atoms with Crippen LogP contribution in [0.15, 0.2) is 114 Å². The van der Waals surface area contributed by atoms with Gasteiger partial charge in [-0.1, -0.05) is 60.7 Å². The van der Waals surface area contributed by atoms with Crippen LogP contribution >= 0.6 is 0 Å². The summed E-state index contributed by atoms with van der Waals surface area (Å²) in [6.07, 6.45) is 1.86. The molecule has 0 spiro atoms. The molecule has 3 heteroatoms. The fourth-order valence-corrected chi connectivity index (χ4v) is 2.89. The van der Waals surface area contributed by atoms with Gasteiger partial charge in [-0.2, -0.15) is 0 Å². The highest BCUT2D eigenvalue weighted by molar-refractivity contribution is 5.82. The molecule has 0 aliphatic heterocycles. The molecule has 0 saturated heterocycles. The molecule has 0 saturated carbocycles. The van der Waals surface area contributed by atoms with Crippen molar-refractivity contribution in [3.05, 3.63) is 120 Å². The summed E-state index contributed by atoms with van der Waals surface area (Å²) in [4.78, 5) is 4.58. The third-order valence-electron chi connectivity index (χ3n) is 4.40. The van der Waals surface area contributed by atoms with Crippen molar-refractivity contribution in [2.45, 2.75) is 6.61 Å². The fourth-order valence-electron chi connectivity index (χ4n) is 2.89. The van der Waals surface area contributed by atoms with Crippen molar-refractivity contribution in [2.24, 2.45) is 4.99 Å². The molecule has 1 N–H and O–H groups in total. The number of hydrogen-bond donors (Lipinski definition) is 1. The molecule has 0 aliphatic carbocycles. The van der Waals surface area contributed by atoms with Gasteiger partial charge < -0.3 is 10.1 Å². The van der Waals surface area contributed by atoms with Gasteiger partial charge in [-0.25, -0.2) is 0 Å². The summed E-state index contributed by atoms with van der Waals surface area (Å²) in [5.41, 5.74) is 5.15. The Morgan fingerprint density at radius 1 is 0.690 bits per heavy atom. The molecule has 0 aromatic heterocycles. The normalized spacial score (nSPS) is 10.8. The first-order chi connectivity index (χ1) is 14.3. The maximum atomic E-state index is 5.89. The van der Waals surface area contributed by atoms with Crippen molar-refractivity contribution < 1.29 is 4.74 Å². The van der Waals surface area contributed by atoms with Gasteiger partial charge in [0.05, 0.1) is 5.69 Å². The highest BCUT2D eigenvalue weighted by Gasteiger charge is 1.98. The van der Waals surface area contributed by atoms with Gasteiger partial charge in [-0.3, -0.25) is 4.99 Å². The van der Waals surface area contributed by atoms with Gasteiger partial charge in [0.2, 0.25) is 0 Å². The topological polar surface area (TPSA) is 33.6 Å². The molecular formula is C26H22N2O. The van der Waals surface area contributed by atoms with Crippen molar-refractivity contribution in [2.75, 3.05) is 5.32 Å². The van der Waals surface area contributed by atoms with E-state index in [1.54, 1.807) is 0 Å². The summed E-state index contributed by atoms with van der Waals surface area (Å²) in [6.45, 7) is 0.553. The SMILES string of the molecule is C(=Nc1ccc(Nc2ccccc2)cc1)c1cccc(OCc2ccccc2)c1. The van der Waals surface area contributed by atoms with E-state index in [4.69, 9.17) is 4.74 Å². The van der Waals surface area contributed by atoms with Crippen LogP contribution in [0.5, 0.6) is 5.75 Å². The molecule has 0 radical (unpaired) electrons. The van der Waals surface area contributed by atoms with Gasteiger partial charge in [0, 0.05) is 17.6 Å². The number of anilines is 2. The molecule has 4 aromatic rings. The molecule has 4 aromatic carbocycles. The zero-order valence-electron chi connectivity index (χ0n) is 16.0. The average molecular weight is 378 g/mol. The lowest BCUT2D eigenvalue weighted by molar-refractivity contribution is 0.306. The third kappa shape index (κ3) is 5.56. The molecule has 0 amide bonds. The smallest absolute Gasteiger partial charge is 0.120 e. The average Bonchev–Trinajstić information content (AvgIpc) is 2.79. The van der Waals surface area contributed by atoms with Gasteiger partial charge in [0.25, 0.3) is 0 Å². The van der Waals surface area contributed by atoms with Crippen LogP contribution < -0.4 is 10.1 Å². The number of ether oxygens (including phenoxy) is 1. The number of nitrogens with one attached hydrogen (secondary N) is 1. The predicted octanol–water partition coefficient (Wildman–Crippen LogP) is 6.76. The molecule has 0 atom stereocenters. The maximum Gasteiger partial charge on any atom is 0.120 e. The Morgan fingerprint density at radius 3 is 2.14 bits per heavy atom. The van der Waals surface area contributed by atoms with Gasteiger partial charge >= 0.3 is 0 Å². The molecule has 142 valence electrons. The van der Waals surface area contributed by atoms with E-state index < -0.39 is 0 Å². The van der Waals surface area contributed by atoms with Crippen LogP contribution in [0.2, 0.25) is 0 Å². The number of rotatable bonds is 7. The minimum Gasteiger partial charge on any atom is -0.489 e. The zero-order chi connectivity index (χ0) is 19.7. The van der Waals surface area contributed by atoms with E-state index in [9.17, 15) is 0 Å². The van der Waals surface area contributed by atoms with Gasteiger partial charge in [0.15, 0.2) is 0 Å². The van der Waals surface area contributed by atoms with Gasteiger partial charge in [0.1, 0.15) is 12.4 Å². The number of benzene rings is 4. The summed E-state index contributed by atoms with van der Waals surface area (Å²) in [7, 11) is 0. The summed E-state index contributed by atoms with van der Waals surface area (Å²) in [5.74, 6) is 0.834. The van der Waals surface area contributed by atoms with Crippen LogP contribution in [0.4, 0.5) is 17.1 Å². The Kier molecular flexibility index (Phi) is 5.99. The van der Waals surface area contributed by atoms with Crippen molar-refractivity contribution in [1.82, 2.24) is 0 Å². The van der Waals surface area contributed by atoms with E-state index in [0.717, 1.165) is 33.9 Å². The first kappa shape index (κ1) is 18.5. The minimum absolute atomic E-state index is 0.553. The quantitative estimate of drug-likeness (QED) is 0.360. The Hall–Kier alpha value is -3.85. The number of nitrogens with zero attached hydrogens (tertiary/aromatic N) is 1. The highest BCUT2D eigenvalue weighted by Crippen LogP contribution is 2.21. The van der Waals surface area contributed by atoms with Crippen LogP contribution in [-0.4, -0.2) is 6.21 Å². The zero-order valence-corrected chi connectivity index (χ0v) is 16.0. The van der Waals surface area contributed by atoms with Crippen LogP contribution in [0.25, 0.3) is 0 Å². The summed E-state index contributed by atoms with van der Waals surface area (Å²) in [5, 5.41) is 3.37. The molecule has 0 heterocycles.